The van der Waals surface area contributed by atoms with Gasteiger partial charge in [-0.15, -0.1) is 0 Å². The smallest absolute Gasteiger partial charge is 0.337 e. The van der Waals surface area contributed by atoms with Crippen molar-refractivity contribution in [1.29, 1.82) is 0 Å². The summed E-state index contributed by atoms with van der Waals surface area (Å²) in [5.74, 6) is -0.156. The van der Waals surface area contributed by atoms with Crippen molar-refractivity contribution in [3.63, 3.8) is 0 Å². The van der Waals surface area contributed by atoms with E-state index < -0.39 is 5.97 Å². The van der Waals surface area contributed by atoms with Gasteiger partial charge in [0.15, 0.2) is 0 Å². The predicted molar refractivity (Wildman–Crippen MR) is 103 cm³/mol. The van der Waals surface area contributed by atoms with Crippen LogP contribution in [0.25, 0.3) is 0 Å². The predicted octanol–water partition coefficient (Wildman–Crippen LogP) is 3.65. The molecule has 1 heterocycles. The lowest BCUT2D eigenvalue weighted by Crippen LogP contribution is -2.20. The van der Waals surface area contributed by atoms with Crippen LogP contribution in [0, 0.1) is 0 Å². The SMILES string of the molecule is COC(=O)c1cccc(NC(=O)c2cnc(NC3CCCCCC3)cn2)c1. The van der Waals surface area contributed by atoms with E-state index in [2.05, 4.69) is 25.3 Å². The van der Waals surface area contributed by atoms with E-state index in [9.17, 15) is 9.59 Å². The molecule has 0 saturated heterocycles. The first kappa shape index (κ1) is 18.8. The molecule has 7 heteroatoms. The molecule has 27 heavy (non-hydrogen) atoms. The van der Waals surface area contributed by atoms with Crippen molar-refractivity contribution in [2.75, 3.05) is 17.7 Å². The lowest BCUT2D eigenvalue weighted by Gasteiger charge is -2.16. The van der Waals surface area contributed by atoms with Gasteiger partial charge in [-0.25, -0.2) is 14.8 Å². The number of anilines is 2. The number of ether oxygens (including phenoxy) is 1. The normalized spacial score (nSPS) is 14.9. The molecule has 1 aromatic heterocycles. The summed E-state index contributed by atoms with van der Waals surface area (Å²) >= 11 is 0. The monoisotopic (exact) mass is 368 g/mol. The molecule has 1 aliphatic rings. The molecule has 1 fully saturated rings. The van der Waals surface area contributed by atoms with Crippen molar-refractivity contribution in [1.82, 2.24) is 9.97 Å². The molecule has 1 aromatic carbocycles. The van der Waals surface area contributed by atoms with Crippen molar-refractivity contribution >= 4 is 23.4 Å². The lowest BCUT2D eigenvalue weighted by molar-refractivity contribution is 0.0600. The Bertz CT molecular complexity index is 784. The molecular weight excluding hydrogens is 344 g/mol. The van der Waals surface area contributed by atoms with Crippen molar-refractivity contribution in [2.45, 2.75) is 44.6 Å². The summed E-state index contributed by atoms with van der Waals surface area (Å²) < 4.78 is 4.68. The van der Waals surface area contributed by atoms with E-state index in [-0.39, 0.29) is 11.6 Å². The fraction of sp³-hybridized carbons (Fsp3) is 0.400. The largest absolute Gasteiger partial charge is 0.465 e. The second-order valence-corrected chi connectivity index (χ2v) is 6.65. The van der Waals surface area contributed by atoms with E-state index in [0.717, 1.165) is 12.8 Å². The molecule has 1 saturated carbocycles. The second-order valence-electron chi connectivity index (χ2n) is 6.65. The number of esters is 1. The first-order valence-electron chi connectivity index (χ1n) is 9.24. The summed E-state index contributed by atoms with van der Waals surface area (Å²) in [5, 5.41) is 6.12. The molecule has 0 aliphatic heterocycles. The van der Waals surface area contributed by atoms with Gasteiger partial charge in [-0.2, -0.15) is 0 Å². The Morgan fingerprint density at radius 3 is 2.52 bits per heavy atom. The van der Waals surface area contributed by atoms with Crippen molar-refractivity contribution < 1.29 is 14.3 Å². The first-order chi connectivity index (χ1) is 13.2. The zero-order chi connectivity index (χ0) is 19.1. The van der Waals surface area contributed by atoms with Crippen LogP contribution in [0.4, 0.5) is 11.5 Å². The number of methoxy groups -OCH3 is 1. The molecule has 1 aliphatic carbocycles. The number of amides is 1. The molecule has 0 radical (unpaired) electrons. The van der Waals surface area contributed by atoms with Crippen molar-refractivity contribution in [3.8, 4) is 0 Å². The number of benzene rings is 1. The highest BCUT2D eigenvalue weighted by molar-refractivity contribution is 6.03. The van der Waals surface area contributed by atoms with E-state index in [0.29, 0.717) is 23.1 Å². The molecule has 0 bridgehead atoms. The van der Waals surface area contributed by atoms with E-state index in [1.54, 1.807) is 30.5 Å². The van der Waals surface area contributed by atoms with Gasteiger partial charge in [0.2, 0.25) is 0 Å². The summed E-state index contributed by atoms with van der Waals surface area (Å²) in [4.78, 5) is 32.5. The Balaban J connectivity index is 1.61. The standard InChI is InChI=1S/C20H24N4O3/c1-27-20(26)14-7-6-10-16(11-14)24-19(25)17-12-22-18(13-21-17)23-15-8-4-2-3-5-9-15/h6-7,10-13,15H,2-5,8-9H2,1H3,(H,22,23)(H,24,25). The van der Waals surface area contributed by atoms with Gasteiger partial charge in [-0.05, 0) is 31.0 Å². The Kier molecular flexibility index (Phi) is 6.35. The summed E-state index contributed by atoms with van der Waals surface area (Å²) in [6.45, 7) is 0. The molecule has 142 valence electrons. The van der Waals surface area contributed by atoms with Crippen LogP contribution < -0.4 is 10.6 Å². The molecule has 2 N–H and O–H groups in total. The lowest BCUT2D eigenvalue weighted by atomic mass is 10.1. The van der Waals surface area contributed by atoms with Crippen LogP contribution in [0.2, 0.25) is 0 Å². The van der Waals surface area contributed by atoms with Crippen LogP contribution in [0.3, 0.4) is 0 Å². The van der Waals surface area contributed by atoms with Gasteiger partial charge in [-0.3, -0.25) is 4.79 Å². The van der Waals surface area contributed by atoms with Crippen LogP contribution in [0.5, 0.6) is 0 Å². The molecule has 1 amide bonds. The number of hydrogen-bond acceptors (Lipinski definition) is 6. The maximum Gasteiger partial charge on any atom is 0.337 e. The average Bonchev–Trinajstić information content (AvgIpc) is 2.97. The number of aromatic nitrogens is 2. The van der Waals surface area contributed by atoms with E-state index in [1.807, 2.05) is 0 Å². The molecule has 0 atom stereocenters. The Hall–Kier alpha value is -2.96. The van der Waals surface area contributed by atoms with Gasteiger partial charge in [0.1, 0.15) is 11.5 Å². The fourth-order valence-electron chi connectivity index (χ4n) is 3.19. The van der Waals surface area contributed by atoms with E-state index in [4.69, 9.17) is 0 Å². The van der Waals surface area contributed by atoms with Crippen molar-refractivity contribution in [3.05, 3.63) is 47.9 Å². The average molecular weight is 368 g/mol. The molecule has 2 aromatic rings. The third-order valence-corrected chi connectivity index (χ3v) is 4.63. The van der Waals surface area contributed by atoms with Gasteiger partial charge >= 0.3 is 5.97 Å². The highest BCUT2D eigenvalue weighted by Gasteiger charge is 2.14. The van der Waals surface area contributed by atoms with Gasteiger partial charge in [0.25, 0.3) is 5.91 Å². The van der Waals surface area contributed by atoms with E-state index in [1.165, 1.54) is 39.0 Å². The van der Waals surface area contributed by atoms with Crippen LogP contribution >= 0.6 is 0 Å². The van der Waals surface area contributed by atoms with E-state index >= 15 is 0 Å². The Labute approximate surface area is 158 Å². The highest BCUT2D eigenvalue weighted by atomic mass is 16.5. The van der Waals surface area contributed by atoms with Crippen LogP contribution in [-0.4, -0.2) is 35.0 Å². The number of carbonyl (C=O) groups excluding carboxylic acids is 2. The minimum absolute atomic E-state index is 0.213. The maximum absolute atomic E-state index is 12.4. The Morgan fingerprint density at radius 2 is 1.85 bits per heavy atom. The summed E-state index contributed by atoms with van der Waals surface area (Å²) in [6, 6.07) is 6.96. The summed E-state index contributed by atoms with van der Waals surface area (Å²) in [6.07, 6.45) is 10.4. The molecule has 7 nitrogen and oxygen atoms in total. The van der Waals surface area contributed by atoms with Crippen molar-refractivity contribution in [2.24, 2.45) is 0 Å². The number of nitrogens with zero attached hydrogens (tertiary/aromatic N) is 2. The van der Waals surface area contributed by atoms with Gasteiger partial charge in [-0.1, -0.05) is 31.7 Å². The number of nitrogens with one attached hydrogen (secondary N) is 2. The topological polar surface area (TPSA) is 93.2 Å². The third-order valence-electron chi connectivity index (χ3n) is 4.63. The number of rotatable bonds is 5. The van der Waals surface area contributed by atoms with Gasteiger partial charge in [0, 0.05) is 11.7 Å². The minimum atomic E-state index is -0.458. The molecule has 0 spiro atoms. The van der Waals surface area contributed by atoms with Crippen LogP contribution in [0.1, 0.15) is 59.4 Å². The molecular formula is C20H24N4O3. The number of hydrogen-bond donors (Lipinski definition) is 2. The van der Waals surface area contributed by atoms with Gasteiger partial charge < -0.3 is 15.4 Å². The highest BCUT2D eigenvalue weighted by Crippen LogP contribution is 2.20. The molecule has 3 rings (SSSR count). The minimum Gasteiger partial charge on any atom is -0.465 e. The van der Waals surface area contributed by atoms with Crippen LogP contribution in [0.15, 0.2) is 36.7 Å². The zero-order valence-electron chi connectivity index (χ0n) is 15.4. The summed E-state index contributed by atoms with van der Waals surface area (Å²) in [7, 11) is 1.31. The summed E-state index contributed by atoms with van der Waals surface area (Å²) in [5.41, 5.74) is 1.07. The zero-order valence-corrected chi connectivity index (χ0v) is 15.4. The second kappa shape index (κ2) is 9.12. The quantitative estimate of drug-likeness (QED) is 0.618. The maximum atomic E-state index is 12.4. The number of carbonyl (C=O) groups is 2. The fourth-order valence-corrected chi connectivity index (χ4v) is 3.19. The third kappa shape index (κ3) is 5.26. The van der Waals surface area contributed by atoms with Crippen LogP contribution in [-0.2, 0) is 4.74 Å². The van der Waals surface area contributed by atoms with Gasteiger partial charge in [0.05, 0.1) is 25.1 Å². The first-order valence-corrected chi connectivity index (χ1v) is 9.24. The molecule has 0 unspecified atom stereocenters. The Morgan fingerprint density at radius 1 is 1.07 bits per heavy atom.